The van der Waals surface area contributed by atoms with Gasteiger partial charge in [0.25, 0.3) is 0 Å². The summed E-state index contributed by atoms with van der Waals surface area (Å²) in [5, 5.41) is 0. The molecule has 0 radical (unpaired) electrons. The van der Waals surface area contributed by atoms with Crippen LogP contribution in [0.1, 0.15) is 24.9 Å². The van der Waals surface area contributed by atoms with E-state index in [2.05, 4.69) is 31.9 Å². The van der Waals surface area contributed by atoms with E-state index < -0.39 is 0 Å². The minimum Gasteiger partial charge on any atom is -0.326 e. The standard InChI is InChI=1S/C10H14Br2N2/c1-2-9(13)10(14)6-3-4-7(11)8(12)5-6/h3-5,9-10H,2,13-14H2,1H3/t9-,10-/m0/s1. The SMILES string of the molecule is CC[C@H](N)[C@@H](N)c1ccc(Br)c(Br)c1. The van der Waals surface area contributed by atoms with E-state index in [1.54, 1.807) is 0 Å². The first-order valence-electron chi connectivity index (χ1n) is 4.52. The molecule has 0 aliphatic carbocycles. The van der Waals surface area contributed by atoms with E-state index in [1.165, 1.54) is 0 Å². The van der Waals surface area contributed by atoms with Crippen LogP contribution in [0.2, 0.25) is 0 Å². The Morgan fingerprint density at radius 1 is 1.21 bits per heavy atom. The summed E-state index contributed by atoms with van der Waals surface area (Å²) in [6, 6.07) is 5.90. The van der Waals surface area contributed by atoms with Crippen molar-refractivity contribution < 1.29 is 0 Å². The lowest BCUT2D eigenvalue weighted by Crippen LogP contribution is -2.33. The summed E-state index contributed by atoms with van der Waals surface area (Å²) in [7, 11) is 0. The van der Waals surface area contributed by atoms with Crippen molar-refractivity contribution in [3.63, 3.8) is 0 Å². The van der Waals surface area contributed by atoms with E-state index in [9.17, 15) is 0 Å². The van der Waals surface area contributed by atoms with Crippen molar-refractivity contribution in [2.24, 2.45) is 11.5 Å². The predicted molar refractivity (Wildman–Crippen MR) is 67.0 cm³/mol. The highest BCUT2D eigenvalue weighted by molar-refractivity contribution is 9.13. The quantitative estimate of drug-likeness (QED) is 0.899. The lowest BCUT2D eigenvalue weighted by Gasteiger charge is -2.19. The molecule has 2 atom stereocenters. The Morgan fingerprint density at radius 3 is 2.36 bits per heavy atom. The second-order valence-corrected chi connectivity index (χ2v) is 4.98. The first kappa shape index (κ1) is 12.2. The van der Waals surface area contributed by atoms with E-state index in [0.717, 1.165) is 20.9 Å². The number of benzene rings is 1. The third-order valence-electron chi connectivity index (χ3n) is 2.26. The summed E-state index contributed by atoms with van der Waals surface area (Å²) in [5.74, 6) is 0. The zero-order valence-electron chi connectivity index (χ0n) is 8.00. The van der Waals surface area contributed by atoms with Gasteiger partial charge in [0.1, 0.15) is 0 Å². The summed E-state index contributed by atoms with van der Waals surface area (Å²) in [6.07, 6.45) is 0.884. The van der Waals surface area contributed by atoms with Gasteiger partial charge in [0.05, 0.1) is 0 Å². The molecule has 4 heteroatoms. The van der Waals surface area contributed by atoms with Crippen LogP contribution < -0.4 is 11.5 Å². The number of rotatable bonds is 3. The highest BCUT2D eigenvalue weighted by Crippen LogP contribution is 2.26. The fraction of sp³-hybridized carbons (Fsp3) is 0.400. The second kappa shape index (κ2) is 5.26. The summed E-state index contributed by atoms with van der Waals surface area (Å²) in [5.41, 5.74) is 13.0. The maximum absolute atomic E-state index is 6.01. The molecule has 0 aliphatic heterocycles. The van der Waals surface area contributed by atoms with Crippen LogP contribution in [0, 0.1) is 0 Å². The molecular formula is C10H14Br2N2. The van der Waals surface area contributed by atoms with Crippen LogP contribution >= 0.6 is 31.9 Å². The molecule has 78 valence electrons. The molecule has 1 aromatic carbocycles. The molecule has 0 aromatic heterocycles. The van der Waals surface area contributed by atoms with Crippen molar-refractivity contribution in [2.45, 2.75) is 25.4 Å². The highest BCUT2D eigenvalue weighted by Gasteiger charge is 2.14. The molecule has 0 saturated carbocycles. The van der Waals surface area contributed by atoms with Gasteiger partial charge in [-0.25, -0.2) is 0 Å². The van der Waals surface area contributed by atoms with E-state index in [0.29, 0.717) is 0 Å². The van der Waals surface area contributed by atoms with E-state index >= 15 is 0 Å². The van der Waals surface area contributed by atoms with Crippen molar-refractivity contribution in [3.8, 4) is 0 Å². The molecule has 1 rings (SSSR count). The highest BCUT2D eigenvalue weighted by atomic mass is 79.9. The van der Waals surface area contributed by atoms with Crippen LogP contribution in [-0.2, 0) is 0 Å². The van der Waals surface area contributed by atoms with Crippen LogP contribution in [0.5, 0.6) is 0 Å². The van der Waals surface area contributed by atoms with Crippen molar-refractivity contribution >= 4 is 31.9 Å². The number of nitrogens with two attached hydrogens (primary N) is 2. The van der Waals surface area contributed by atoms with Crippen LogP contribution in [0.25, 0.3) is 0 Å². The van der Waals surface area contributed by atoms with Crippen LogP contribution in [0.15, 0.2) is 27.1 Å². The van der Waals surface area contributed by atoms with Gasteiger partial charge in [0, 0.05) is 21.0 Å². The lowest BCUT2D eigenvalue weighted by molar-refractivity contribution is 0.532. The van der Waals surface area contributed by atoms with Crippen LogP contribution in [0.4, 0.5) is 0 Å². The third kappa shape index (κ3) is 2.79. The smallest absolute Gasteiger partial charge is 0.0449 e. The van der Waals surface area contributed by atoms with E-state index in [-0.39, 0.29) is 12.1 Å². The van der Waals surface area contributed by atoms with Crippen LogP contribution in [0.3, 0.4) is 0 Å². The minimum absolute atomic E-state index is 0.0167. The van der Waals surface area contributed by atoms with Crippen molar-refractivity contribution in [1.29, 1.82) is 0 Å². The third-order valence-corrected chi connectivity index (χ3v) is 4.14. The maximum atomic E-state index is 6.01. The average Bonchev–Trinajstić information content (AvgIpc) is 2.20. The number of halogens is 2. The van der Waals surface area contributed by atoms with Gasteiger partial charge in [-0.1, -0.05) is 13.0 Å². The minimum atomic E-state index is -0.0931. The molecule has 2 nitrogen and oxygen atoms in total. The molecule has 0 aliphatic rings. The number of hydrogen-bond donors (Lipinski definition) is 2. The average molecular weight is 322 g/mol. The zero-order chi connectivity index (χ0) is 10.7. The van der Waals surface area contributed by atoms with Gasteiger partial charge < -0.3 is 11.5 Å². The van der Waals surface area contributed by atoms with Crippen molar-refractivity contribution in [3.05, 3.63) is 32.7 Å². The molecule has 0 amide bonds. The van der Waals surface area contributed by atoms with Gasteiger partial charge in [-0.3, -0.25) is 0 Å². The molecule has 0 spiro atoms. The Bertz CT molecular complexity index is 315. The Hall–Kier alpha value is 0.1000. The van der Waals surface area contributed by atoms with E-state index in [1.807, 2.05) is 25.1 Å². The van der Waals surface area contributed by atoms with E-state index in [4.69, 9.17) is 11.5 Å². The molecule has 0 heterocycles. The lowest BCUT2D eigenvalue weighted by atomic mass is 9.99. The Labute approximate surface area is 101 Å². The van der Waals surface area contributed by atoms with Crippen molar-refractivity contribution in [1.82, 2.24) is 0 Å². The fourth-order valence-corrected chi connectivity index (χ4v) is 1.86. The second-order valence-electron chi connectivity index (χ2n) is 3.27. The predicted octanol–water partition coefficient (Wildman–Crippen LogP) is 2.95. The van der Waals surface area contributed by atoms with Gasteiger partial charge in [0.15, 0.2) is 0 Å². The molecule has 4 N–H and O–H groups in total. The largest absolute Gasteiger partial charge is 0.326 e. The topological polar surface area (TPSA) is 52.0 Å². The molecule has 0 unspecified atom stereocenters. The Kier molecular flexibility index (Phi) is 4.57. The summed E-state index contributed by atoms with van der Waals surface area (Å²) >= 11 is 6.86. The molecule has 0 fully saturated rings. The molecule has 14 heavy (non-hydrogen) atoms. The van der Waals surface area contributed by atoms with Crippen LogP contribution in [-0.4, -0.2) is 6.04 Å². The van der Waals surface area contributed by atoms with Gasteiger partial charge in [-0.2, -0.15) is 0 Å². The first-order valence-corrected chi connectivity index (χ1v) is 6.11. The van der Waals surface area contributed by atoms with Crippen molar-refractivity contribution in [2.75, 3.05) is 0 Å². The molecule has 1 aromatic rings. The van der Waals surface area contributed by atoms with Gasteiger partial charge in [0.2, 0.25) is 0 Å². The van der Waals surface area contributed by atoms with Gasteiger partial charge >= 0.3 is 0 Å². The van der Waals surface area contributed by atoms with Gasteiger partial charge in [-0.15, -0.1) is 0 Å². The van der Waals surface area contributed by atoms with Gasteiger partial charge in [-0.05, 0) is 56.0 Å². The molecule has 0 saturated heterocycles. The molecular weight excluding hydrogens is 308 g/mol. The Morgan fingerprint density at radius 2 is 1.86 bits per heavy atom. The summed E-state index contributed by atoms with van der Waals surface area (Å²) < 4.78 is 2.03. The number of hydrogen-bond acceptors (Lipinski definition) is 2. The summed E-state index contributed by atoms with van der Waals surface area (Å²) in [6.45, 7) is 2.04. The normalized spacial score (nSPS) is 15.2. The Balaban J connectivity index is 2.91. The fourth-order valence-electron chi connectivity index (χ4n) is 1.22. The molecule has 0 bridgehead atoms. The summed E-state index contributed by atoms with van der Waals surface area (Å²) in [4.78, 5) is 0. The first-order chi connectivity index (χ1) is 6.56. The zero-order valence-corrected chi connectivity index (χ0v) is 11.2. The monoisotopic (exact) mass is 320 g/mol. The maximum Gasteiger partial charge on any atom is 0.0449 e.